The Morgan fingerprint density at radius 1 is 0.950 bits per heavy atom. The third kappa shape index (κ3) is 6.76. The largest absolute Gasteiger partial charge is 0.463 e. The number of fused-ring (bicyclic) bond motifs is 1. The van der Waals surface area contributed by atoms with Gasteiger partial charge in [0.25, 0.3) is 0 Å². The van der Waals surface area contributed by atoms with Gasteiger partial charge in [0.2, 0.25) is 0 Å². The van der Waals surface area contributed by atoms with Crippen molar-refractivity contribution in [2.45, 2.75) is 64.4 Å². The maximum Gasteiger partial charge on any atom is 0.323 e. The zero-order valence-electron chi connectivity index (χ0n) is 22.1. The molecule has 0 aliphatic carbocycles. The number of carbonyl (C=O) groups excluding carboxylic acids is 4. The molecule has 3 heterocycles. The number of carbonyl (C=O) groups is 4. The van der Waals surface area contributed by atoms with Crippen molar-refractivity contribution in [3.05, 3.63) is 54.2 Å². The molecule has 14 nitrogen and oxygen atoms in total. The molecule has 1 aromatic carbocycles. The monoisotopic (exact) mass is 555 g/mol. The van der Waals surface area contributed by atoms with Gasteiger partial charge in [-0.1, -0.05) is 30.3 Å². The van der Waals surface area contributed by atoms with Crippen molar-refractivity contribution < 1.29 is 42.9 Å². The third-order valence-electron chi connectivity index (χ3n) is 5.99. The molecule has 1 aliphatic rings. The average molecular weight is 556 g/mol. The Bertz CT molecular complexity index is 1380. The fourth-order valence-corrected chi connectivity index (χ4v) is 4.28. The van der Waals surface area contributed by atoms with Crippen LogP contribution in [-0.2, 0) is 55.9 Å². The Hall–Kier alpha value is -4.43. The second kappa shape index (κ2) is 12.6. The second-order valence-corrected chi connectivity index (χ2v) is 9.06. The van der Waals surface area contributed by atoms with E-state index < -0.39 is 54.5 Å². The van der Waals surface area contributed by atoms with Gasteiger partial charge in [0.15, 0.2) is 24.1 Å². The number of rotatable bonds is 10. The number of imidazole rings is 1. The van der Waals surface area contributed by atoms with E-state index in [4.69, 9.17) is 29.4 Å². The van der Waals surface area contributed by atoms with Crippen LogP contribution >= 0.6 is 0 Å². The molecule has 0 saturated carbocycles. The van der Waals surface area contributed by atoms with Crippen LogP contribution in [0.15, 0.2) is 43.0 Å². The van der Waals surface area contributed by atoms with Gasteiger partial charge in [0.1, 0.15) is 37.2 Å². The fourth-order valence-electron chi connectivity index (χ4n) is 4.28. The van der Waals surface area contributed by atoms with Crippen LogP contribution in [0.2, 0.25) is 0 Å². The van der Waals surface area contributed by atoms with Gasteiger partial charge in [0, 0.05) is 27.2 Å². The molecule has 1 unspecified atom stereocenters. The molecule has 3 aromatic rings. The van der Waals surface area contributed by atoms with Crippen LogP contribution in [0.3, 0.4) is 0 Å². The van der Waals surface area contributed by atoms with Gasteiger partial charge in [-0.3, -0.25) is 23.7 Å². The number of ether oxygens (including phenoxy) is 5. The maximum atomic E-state index is 12.5. The molecule has 212 valence electrons. The Morgan fingerprint density at radius 3 is 2.33 bits per heavy atom. The van der Waals surface area contributed by atoms with Crippen molar-refractivity contribution in [1.29, 1.82) is 0 Å². The topological polar surface area (TPSA) is 184 Å². The number of nitrogens with two attached hydrogens (primary N) is 1. The molecule has 0 bridgehead atoms. The van der Waals surface area contributed by atoms with Crippen LogP contribution in [0.5, 0.6) is 0 Å². The first-order chi connectivity index (χ1) is 19.1. The van der Waals surface area contributed by atoms with Crippen molar-refractivity contribution in [3.63, 3.8) is 0 Å². The molecular weight excluding hydrogens is 526 g/mol. The molecule has 1 fully saturated rings. The van der Waals surface area contributed by atoms with Crippen LogP contribution in [0, 0.1) is 0 Å². The zero-order chi connectivity index (χ0) is 28.8. The van der Waals surface area contributed by atoms with Crippen molar-refractivity contribution in [2.24, 2.45) is 5.73 Å². The van der Waals surface area contributed by atoms with Crippen molar-refractivity contribution in [3.8, 4) is 0 Å². The minimum absolute atomic E-state index is 0.00764. The van der Waals surface area contributed by atoms with Crippen molar-refractivity contribution >= 4 is 35.0 Å². The summed E-state index contributed by atoms with van der Waals surface area (Å²) in [6.07, 6.45) is -1.53. The van der Waals surface area contributed by atoms with Gasteiger partial charge >= 0.3 is 23.9 Å². The molecule has 14 heteroatoms. The summed E-state index contributed by atoms with van der Waals surface area (Å²) in [5.74, 6) is -2.47. The molecule has 0 spiro atoms. The number of aromatic nitrogens is 4. The van der Waals surface area contributed by atoms with E-state index in [0.29, 0.717) is 11.2 Å². The normalized spacial score (nSPS) is 21.0. The first-order valence-corrected chi connectivity index (χ1v) is 12.4. The van der Waals surface area contributed by atoms with Gasteiger partial charge in [0.05, 0.1) is 12.0 Å². The van der Waals surface area contributed by atoms with Crippen LogP contribution in [0.4, 0.5) is 0 Å². The summed E-state index contributed by atoms with van der Waals surface area (Å²) in [5, 5.41) is 0. The van der Waals surface area contributed by atoms with Gasteiger partial charge in [-0.15, -0.1) is 0 Å². The summed E-state index contributed by atoms with van der Waals surface area (Å²) < 4.78 is 28.8. The van der Waals surface area contributed by atoms with Gasteiger partial charge < -0.3 is 29.4 Å². The summed E-state index contributed by atoms with van der Waals surface area (Å²) >= 11 is 0. The molecule has 4 rings (SSSR count). The predicted molar refractivity (Wildman–Crippen MR) is 135 cm³/mol. The Morgan fingerprint density at radius 2 is 1.65 bits per heavy atom. The smallest absolute Gasteiger partial charge is 0.323 e. The fraction of sp³-hybridized carbons (Fsp3) is 0.423. The molecule has 0 amide bonds. The molecule has 5 atom stereocenters. The minimum atomic E-state index is -1.12. The van der Waals surface area contributed by atoms with Crippen LogP contribution in [0.25, 0.3) is 11.2 Å². The van der Waals surface area contributed by atoms with Crippen molar-refractivity contribution in [1.82, 2.24) is 19.5 Å². The number of nitrogens with zero attached hydrogens (tertiary/aromatic N) is 4. The summed E-state index contributed by atoms with van der Waals surface area (Å²) in [5.41, 5.74) is 7.92. The summed E-state index contributed by atoms with van der Waals surface area (Å²) in [6.45, 7) is 3.44. The first-order valence-electron chi connectivity index (χ1n) is 12.4. The second-order valence-electron chi connectivity index (χ2n) is 9.06. The van der Waals surface area contributed by atoms with Crippen LogP contribution < -0.4 is 5.73 Å². The van der Waals surface area contributed by atoms with E-state index in [1.165, 1.54) is 38.0 Å². The van der Waals surface area contributed by atoms with Gasteiger partial charge in [-0.2, -0.15) is 0 Å². The summed E-state index contributed by atoms with van der Waals surface area (Å²) in [4.78, 5) is 60.6. The highest BCUT2D eigenvalue weighted by Gasteiger charge is 2.51. The number of hydrogen-bond acceptors (Lipinski definition) is 13. The zero-order valence-corrected chi connectivity index (χ0v) is 22.1. The lowest BCUT2D eigenvalue weighted by Crippen LogP contribution is -2.40. The average Bonchev–Trinajstić information content (AvgIpc) is 3.48. The SMILES string of the molecule is CC(=O)OC[C@H]1O[C@@H](n2cnc3c(CC(N)C(=O)OCc4ccccc4)ncnc32)[C@H](OC(C)=O)[C@@H]1OC(C)=O. The summed E-state index contributed by atoms with van der Waals surface area (Å²) in [6, 6.07) is 8.17. The lowest BCUT2D eigenvalue weighted by atomic mass is 10.1. The molecule has 1 aliphatic heterocycles. The Balaban J connectivity index is 1.57. The van der Waals surface area contributed by atoms with E-state index in [1.807, 2.05) is 30.3 Å². The van der Waals surface area contributed by atoms with Gasteiger partial charge in [-0.05, 0) is 5.56 Å². The Labute approximate surface area is 228 Å². The number of benzene rings is 1. The first kappa shape index (κ1) is 28.6. The highest BCUT2D eigenvalue weighted by atomic mass is 16.7. The van der Waals surface area contributed by atoms with E-state index in [0.717, 1.165) is 5.56 Å². The van der Waals surface area contributed by atoms with Crippen molar-refractivity contribution in [2.75, 3.05) is 6.61 Å². The number of hydrogen-bond donors (Lipinski definition) is 1. The lowest BCUT2D eigenvalue weighted by Gasteiger charge is -2.23. The molecule has 2 aromatic heterocycles. The predicted octanol–water partition coefficient (Wildman–Crippen LogP) is 0.763. The third-order valence-corrected chi connectivity index (χ3v) is 5.99. The standard InChI is InChI=1S/C26H29N5O9/c1-14(32)36-11-20-22(38-15(2)33)23(39-16(3)34)25(40-20)31-13-30-21-19(28-12-29-24(21)31)9-18(27)26(35)37-10-17-7-5-4-6-8-17/h4-8,12-13,18,20,22-23,25H,9-11,27H2,1-3H3/t18?,20-,22-,23-,25-/m1/s1. The Kier molecular flexibility index (Phi) is 9.01. The highest BCUT2D eigenvalue weighted by molar-refractivity contribution is 5.78. The maximum absolute atomic E-state index is 12.5. The summed E-state index contributed by atoms with van der Waals surface area (Å²) in [7, 11) is 0. The quantitative estimate of drug-likeness (QED) is 0.273. The van der Waals surface area contributed by atoms with E-state index in [1.54, 1.807) is 0 Å². The van der Waals surface area contributed by atoms with Crippen LogP contribution in [0.1, 0.15) is 38.3 Å². The van der Waals surface area contributed by atoms with E-state index in [9.17, 15) is 19.2 Å². The van der Waals surface area contributed by atoms with Crippen LogP contribution in [-0.4, -0.2) is 74.4 Å². The van der Waals surface area contributed by atoms with E-state index in [-0.39, 0.29) is 25.3 Å². The minimum Gasteiger partial charge on any atom is -0.463 e. The highest BCUT2D eigenvalue weighted by Crippen LogP contribution is 2.36. The van der Waals surface area contributed by atoms with E-state index in [2.05, 4.69) is 15.0 Å². The molecule has 40 heavy (non-hydrogen) atoms. The number of esters is 4. The van der Waals surface area contributed by atoms with Gasteiger partial charge in [-0.25, -0.2) is 15.0 Å². The molecule has 2 N–H and O–H groups in total. The van der Waals surface area contributed by atoms with E-state index >= 15 is 0 Å². The molecule has 0 radical (unpaired) electrons. The molecular formula is C26H29N5O9. The lowest BCUT2D eigenvalue weighted by molar-refractivity contribution is -0.166. The molecule has 1 saturated heterocycles.